The van der Waals surface area contributed by atoms with Crippen molar-refractivity contribution in [3.63, 3.8) is 0 Å². The summed E-state index contributed by atoms with van der Waals surface area (Å²) in [5.74, 6) is -0.0318. The van der Waals surface area contributed by atoms with Gasteiger partial charge < -0.3 is 24.3 Å². The van der Waals surface area contributed by atoms with Crippen molar-refractivity contribution in [1.29, 1.82) is 0 Å². The van der Waals surface area contributed by atoms with Crippen LogP contribution in [0.3, 0.4) is 0 Å². The summed E-state index contributed by atoms with van der Waals surface area (Å²) in [6.45, 7) is 5.74. The normalized spacial score (nSPS) is 11.6. The highest BCUT2D eigenvalue weighted by atomic mass is 16.5. The maximum absolute atomic E-state index is 12.6. The van der Waals surface area contributed by atoms with E-state index in [4.69, 9.17) is 18.9 Å². The minimum absolute atomic E-state index is 0.142. The SMILES string of the molecule is CCc1ccc([C@H](NC(=O)COC(=O)c2ccc(OC)c(OC)c2OC)C(C)C)cc1. The highest BCUT2D eigenvalue weighted by Crippen LogP contribution is 2.39. The Morgan fingerprint density at radius 2 is 1.55 bits per heavy atom. The van der Waals surface area contributed by atoms with Gasteiger partial charge in [0.25, 0.3) is 5.91 Å². The predicted octanol–water partition coefficient (Wildman–Crippen LogP) is 3.95. The molecular weight excluding hydrogens is 398 g/mol. The molecule has 0 unspecified atom stereocenters. The number of nitrogens with one attached hydrogen (secondary N) is 1. The van der Waals surface area contributed by atoms with E-state index in [2.05, 4.69) is 24.4 Å². The molecule has 0 aliphatic carbocycles. The lowest BCUT2D eigenvalue weighted by Crippen LogP contribution is -2.35. The summed E-state index contributed by atoms with van der Waals surface area (Å²) in [6, 6.07) is 11.0. The van der Waals surface area contributed by atoms with E-state index in [0.29, 0.717) is 5.75 Å². The third-order valence-electron chi connectivity index (χ3n) is 4.99. The van der Waals surface area contributed by atoms with Crippen molar-refractivity contribution in [2.24, 2.45) is 5.92 Å². The molecule has 2 aromatic rings. The van der Waals surface area contributed by atoms with Crippen molar-refractivity contribution < 1.29 is 28.5 Å². The van der Waals surface area contributed by atoms with Crippen LogP contribution in [0.1, 0.15) is 48.3 Å². The molecule has 2 aromatic carbocycles. The molecule has 1 atom stereocenters. The summed E-state index contributed by atoms with van der Waals surface area (Å²) in [5.41, 5.74) is 2.38. The predicted molar refractivity (Wildman–Crippen MR) is 118 cm³/mol. The zero-order valence-corrected chi connectivity index (χ0v) is 19.0. The Morgan fingerprint density at radius 1 is 0.903 bits per heavy atom. The second-order valence-electron chi connectivity index (χ2n) is 7.34. The van der Waals surface area contributed by atoms with Gasteiger partial charge in [-0.1, -0.05) is 45.0 Å². The third-order valence-corrected chi connectivity index (χ3v) is 4.99. The van der Waals surface area contributed by atoms with Gasteiger partial charge in [-0.15, -0.1) is 0 Å². The maximum Gasteiger partial charge on any atom is 0.342 e. The van der Waals surface area contributed by atoms with Gasteiger partial charge in [-0.2, -0.15) is 0 Å². The monoisotopic (exact) mass is 429 g/mol. The van der Waals surface area contributed by atoms with Gasteiger partial charge in [0, 0.05) is 0 Å². The van der Waals surface area contributed by atoms with Crippen molar-refractivity contribution in [2.75, 3.05) is 27.9 Å². The molecular formula is C24H31NO6. The number of esters is 1. The van der Waals surface area contributed by atoms with E-state index in [9.17, 15) is 9.59 Å². The van der Waals surface area contributed by atoms with E-state index in [1.807, 2.05) is 26.0 Å². The molecule has 7 nitrogen and oxygen atoms in total. The van der Waals surface area contributed by atoms with Crippen LogP contribution in [0.4, 0.5) is 0 Å². The first-order valence-corrected chi connectivity index (χ1v) is 10.2. The summed E-state index contributed by atoms with van der Waals surface area (Å²) in [4.78, 5) is 25.1. The molecule has 7 heteroatoms. The van der Waals surface area contributed by atoms with Gasteiger partial charge in [-0.25, -0.2) is 4.79 Å². The topological polar surface area (TPSA) is 83.1 Å². The van der Waals surface area contributed by atoms with Gasteiger partial charge >= 0.3 is 5.97 Å². The van der Waals surface area contributed by atoms with Gasteiger partial charge in [-0.05, 0) is 35.6 Å². The Hall–Kier alpha value is -3.22. The molecule has 2 rings (SSSR count). The number of carbonyl (C=O) groups excluding carboxylic acids is 2. The van der Waals surface area contributed by atoms with E-state index in [1.165, 1.54) is 33.0 Å². The van der Waals surface area contributed by atoms with Crippen LogP contribution in [0, 0.1) is 5.92 Å². The Morgan fingerprint density at radius 3 is 2.06 bits per heavy atom. The second kappa shape index (κ2) is 11.2. The Labute approximate surface area is 183 Å². The highest BCUT2D eigenvalue weighted by molar-refractivity contribution is 5.95. The number of rotatable bonds is 10. The van der Waals surface area contributed by atoms with Crippen LogP contribution < -0.4 is 19.5 Å². The number of carbonyl (C=O) groups is 2. The van der Waals surface area contributed by atoms with E-state index in [0.717, 1.165) is 12.0 Å². The van der Waals surface area contributed by atoms with Crippen molar-refractivity contribution in [3.8, 4) is 17.2 Å². The molecule has 1 amide bonds. The van der Waals surface area contributed by atoms with E-state index < -0.39 is 12.6 Å². The first-order chi connectivity index (χ1) is 14.9. The van der Waals surface area contributed by atoms with Crippen LogP contribution in [0.25, 0.3) is 0 Å². The molecule has 0 aliphatic rings. The number of ether oxygens (including phenoxy) is 4. The lowest BCUT2D eigenvalue weighted by Gasteiger charge is -2.23. The number of hydrogen-bond donors (Lipinski definition) is 1. The van der Waals surface area contributed by atoms with Gasteiger partial charge in [0.05, 0.1) is 27.4 Å². The van der Waals surface area contributed by atoms with Gasteiger partial charge in [0.15, 0.2) is 18.1 Å². The van der Waals surface area contributed by atoms with Crippen molar-refractivity contribution in [3.05, 3.63) is 53.1 Å². The van der Waals surface area contributed by atoms with Crippen LogP contribution in [0.15, 0.2) is 36.4 Å². The fourth-order valence-corrected chi connectivity index (χ4v) is 3.28. The van der Waals surface area contributed by atoms with Crippen molar-refractivity contribution >= 4 is 11.9 Å². The Bertz CT molecular complexity index is 892. The molecule has 0 saturated heterocycles. The Kier molecular flexibility index (Phi) is 8.73. The number of methoxy groups -OCH3 is 3. The van der Waals surface area contributed by atoms with Crippen molar-refractivity contribution in [2.45, 2.75) is 33.2 Å². The van der Waals surface area contributed by atoms with E-state index >= 15 is 0 Å². The quantitative estimate of drug-likeness (QED) is 0.576. The van der Waals surface area contributed by atoms with Crippen LogP contribution >= 0.6 is 0 Å². The van der Waals surface area contributed by atoms with Crippen molar-refractivity contribution in [1.82, 2.24) is 5.32 Å². The average molecular weight is 430 g/mol. The number of benzene rings is 2. The van der Waals surface area contributed by atoms with Gasteiger partial charge in [0.2, 0.25) is 5.75 Å². The Balaban J connectivity index is 2.08. The summed E-state index contributed by atoms with van der Waals surface area (Å²) in [6.07, 6.45) is 0.953. The highest BCUT2D eigenvalue weighted by Gasteiger charge is 2.23. The summed E-state index contributed by atoms with van der Waals surface area (Å²) >= 11 is 0. The molecule has 0 fully saturated rings. The van der Waals surface area contributed by atoms with Gasteiger partial charge in [-0.3, -0.25) is 4.79 Å². The molecule has 0 aliphatic heterocycles. The molecule has 0 bridgehead atoms. The van der Waals surface area contributed by atoms with E-state index in [1.54, 1.807) is 6.07 Å². The number of hydrogen-bond acceptors (Lipinski definition) is 6. The largest absolute Gasteiger partial charge is 0.493 e. The lowest BCUT2D eigenvalue weighted by molar-refractivity contribution is -0.125. The first kappa shape index (κ1) is 24.1. The number of amides is 1. The van der Waals surface area contributed by atoms with Crippen LogP contribution in [0.2, 0.25) is 0 Å². The summed E-state index contributed by atoms with van der Waals surface area (Å²) in [7, 11) is 4.35. The molecule has 1 N–H and O–H groups in total. The average Bonchev–Trinajstić information content (AvgIpc) is 2.79. The molecule has 0 spiro atoms. The zero-order valence-electron chi connectivity index (χ0n) is 19.0. The molecule has 0 heterocycles. The molecule has 168 valence electrons. The molecule has 0 aromatic heterocycles. The van der Waals surface area contributed by atoms with Gasteiger partial charge in [0.1, 0.15) is 5.56 Å². The minimum atomic E-state index is -0.693. The smallest absolute Gasteiger partial charge is 0.342 e. The molecule has 0 saturated carbocycles. The van der Waals surface area contributed by atoms with Crippen LogP contribution in [0.5, 0.6) is 17.2 Å². The fourth-order valence-electron chi connectivity index (χ4n) is 3.28. The van der Waals surface area contributed by atoms with Crippen LogP contribution in [-0.4, -0.2) is 39.8 Å². The van der Waals surface area contributed by atoms with Crippen LogP contribution in [-0.2, 0) is 16.0 Å². The zero-order chi connectivity index (χ0) is 23.0. The lowest BCUT2D eigenvalue weighted by atomic mass is 9.95. The number of aryl methyl sites for hydroxylation is 1. The second-order valence-corrected chi connectivity index (χ2v) is 7.34. The maximum atomic E-state index is 12.6. The van der Waals surface area contributed by atoms with E-state index in [-0.39, 0.29) is 34.9 Å². The standard InChI is InChI=1S/C24H31NO6/c1-7-16-8-10-17(11-9-16)21(15(2)3)25-20(26)14-31-24(27)18-12-13-19(28-4)23(30-6)22(18)29-5/h8-13,15,21H,7,14H2,1-6H3,(H,25,26)/t21-/m1/s1. The summed E-state index contributed by atoms with van der Waals surface area (Å²) < 4.78 is 21.0. The third kappa shape index (κ3) is 5.90. The molecule has 31 heavy (non-hydrogen) atoms. The minimum Gasteiger partial charge on any atom is -0.493 e. The summed E-state index contributed by atoms with van der Waals surface area (Å²) in [5, 5.41) is 2.95. The first-order valence-electron chi connectivity index (χ1n) is 10.2. The fraction of sp³-hybridized carbons (Fsp3) is 0.417. The molecule has 0 radical (unpaired) electrons.